The molecule has 0 aliphatic rings. The Hall–Kier alpha value is -1.56. The smallest absolute Gasteiger partial charge is 0.229 e. The summed E-state index contributed by atoms with van der Waals surface area (Å²) in [6.45, 7) is 0. The average Bonchev–Trinajstić information content (AvgIpc) is 2.05. The highest BCUT2D eigenvalue weighted by atomic mass is 32.2. The third kappa shape index (κ3) is 4.46. The van der Waals surface area contributed by atoms with Crippen molar-refractivity contribution in [2.75, 3.05) is 11.0 Å². The molecule has 82 valence electrons. The minimum atomic E-state index is -3.23. The van der Waals surface area contributed by atoms with Crippen molar-refractivity contribution in [2.24, 2.45) is 5.73 Å². The van der Waals surface area contributed by atoms with E-state index in [4.69, 9.17) is 11.1 Å². The molecule has 0 aliphatic carbocycles. The third-order valence-corrected chi connectivity index (χ3v) is 2.26. The second-order valence-electron chi connectivity index (χ2n) is 3.27. The van der Waals surface area contributed by atoms with Crippen molar-refractivity contribution < 1.29 is 8.42 Å². The van der Waals surface area contributed by atoms with Crippen LogP contribution in [-0.4, -0.2) is 20.5 Å². The van der Waals surface area contributed by atoms with E-state index >= 15 is 0 Å². The Kier molecular flexibility index (Phi) is 3.31. The molecule has 0 bridgehead atoms. The van der Waals surface area contributed by atoms with Crippen molar-refractivity contribution in [3.63, 3.8) is 0 Å². The summed E-state index contributed by atoms with van der Waals surface area (Å²) in [5.74, 6) is 0.0822. The second kappa shape index (κ2) is 4.31. The molecular formula is C9H13N3O2S. The first-order valence-electron chi connectivity index (χ1n) is 4.26. The zero-order chi connectivity index (χ0) is 11.5. The average molecular weight is 227 g/mol. The van der Waals surface area contributed by atoms with Crippen LogP contribution in [0.25, 0.3) is 0 Å². The van der Waals surface area contributed by atoms with E-state index in [1.54, 1.807) is 24.3 Å². The van der Waals surface area contributed by atoms with Crippen LogP contribution in [0.4, 0.5) is 5.69 Å². The van der Waals surface area contributed by atoms with Gasteiger partial charge in [0.05, 0.1) is 12.1 Å². The van der Waals surface area contributed by atoms with E-state index in [1.807, 2.05) is 0 Å². The van der Waals surface area contributed by atoms with Crippen LogP contribution in [0.15, 0.2) is 24.3 Å². The number of hydrogen-bond donors (Lipinski definition) is 3. The van der Waals surface area contributed by atoms with Crippen LogP contribution in [0, 0.1) is 5.41 Å². The van der Waals surface area contributed by atoms with Gasteiger partial charge in [-0.3, -0.25) is 10.1 Å². The molecule has 0 radical (unpaired) electrons. The predicted octanol–water partition coefficient (Wildman–Crippen LogP) is 0.537. The van der Waals surface area contributed by atoms with Gasteiger partial charge < -0.3 is 5.73 Å². The molecular weight excluding hydrogens is 214 g/mol. The number of nitrogens with two attached hydrogens (primary N) is 1. The molecule has 0 heterocycles. The lowest BCUT2D eigenvalue weighted by molar-refractivity contribution is 0.607. The first-order valence-corrected chi connectivity index (χ1v) is 6.15. The highest BCUT2D eigenvalue weighted by molar-refractivity contribution is 7.92. The van der Waals surface area contributed by atoms with Crippen LogP contribution < -0.4 is 10.5 Å². The Labute approximate surface area is 88.9 Å². The Bertz CT molecular complexity index is 451. The third-order valence-electron chi connectivity index (χ3n) is 1.65. The van der Waals surface area contributed by atoms with Gasteiger partial charge in [-0.05, 0) is 17.7 Å². The predicted molar refractivity (Wildman–Crippen MR) is 60.5 cm³/mol. The minimum absolute atomic E-state index is 0.0822. The van der Waals surface area contributed by atoms with E-state index < -0.39 is 10.0 Å². The number of benzene rings is 1. The van der Waals surface area contributed by atoms with Crippen molar-refractivity contribution in [1.82, 2.24) is 0 Å². The molecule has 0 unspecified atom stereocenters. The van der Waals surface area contributed by atoms with Gasteiger partial charge >= 0.3 is 0 Å². The second-order valence-corrected chi connectivity index (χ2v) is 5.02. The first kappa shape index (κ1) is 11.5. The molecule has 6 heteroatoms. The van der Waals surface area contributed by atoms with E-state index in [0.717, 1.165) is 11.8 Å². The van der Waals surface area contributed by atoms with E-state index in [0.29, 0.717) is 12.1 Å². The number of nitrogens with one attached hydrogen (secondary N) is 2. The lowest BCUT2D eigenvalue weighted by atomic mass is 10.1. The first-order chi connectivity index (χ1) is 6.87. The fourth-order valence-electron chi connectivity index (χ4n) is 1.12. The van der Waals surface area contributed by atoms with Crippen molar-refractivity contribution in [2.45, 2.75) is 6.42 Å². The number of hydrogen-bond acceptors (Lipinski definition) is 3. The Balaban J connectivity index is 2.77. The number of amidine groups is 1. The number of sulfonamides is 1. The van der Waals surface area contributed by atoms with Crippen LogP contribution in [0.3, 0.4) is 0 Å². The zero-order valence-electron chi connectivity index (χ0n) is 8.32. The maximum Gasteiger partial charge on any atom is 0.229 e. The molecule has 0 fully saturated rings. The molecule has 0 atom stereocenters. The van der Waals surface area contributed by atoms with E-state index in [1.165, 1.54) is 0 Å². The van der Waals surface area contributed by atoms with Crippen molar-refractivity contribution in [3.8, 4) is 0 Å². The lowest BCUT2D eigenvalue weighted by Crippen LogP contribution is -2.13. The zero-order valence-corrected chi connectivity index (χ0v) is 9.14. The molecule has 4 N–H and O–H groups in total. The number of anilines is 1. The Morgan fingerprint density at radius 2 is 1.93 bits per heavy atom. The molecule has 0 aliphatic heterocycles. The van der Waals surface area contributed by atoms with Gasteiger partial charge in [0.2, 0.25) is 10.0 Å². The number of rotatable bonds is 4. The normalized spacial score (nSPS) is 11.0. The fraction of sp³-hybridized carbons (Fsp3) is 0.222. The molecule has 0 saturated heterocycles. The topological polar surface area (TPSA) is 96.0 Å². The molecule has 5 nitrogen and oxygen atoms in total. The SMILES string of the molecule is CS(=O)(=O)Nc1ccc(CC(=N)N)cc1. The van der Waals surface area contributed by atoms with Gasteiger partial charge in [-0.15, -0.1) is 0 Å². The summed E-state index contributed by atoms with van der Waals surface area (Å²) >= 11 is 0. The molecule has 1 rings (SSSR count). The maximum absolute atomic E-state index is 10.9. The van der Waals surface area contributed by atoms with E-state index in [2.05, 4.69) is 4.72 Å². The van der Waals surface area contributed by atoms with Crippen LogP contribution in [0.5, 0.6) is 0 Å². The van der Waals surface area contributed by atoms with Gasteiger partial charge in [-0.2, -0.15) is 0 Å². The quantitative estimate of drug-likeness (QED) is 0.517. The van der Waals surface area contributed by atoms with Crippen molar-refractivity contribution >= 4 is 21.5 Å². The Morgan fingerprint density at radius 1 is 1.40 bits per heavy atom. The monoisotopic (exact) mass is 227 g/mol. The summed E-state index contributed by atoms with van der Waals surface area (Å²) in [6.07, 6.45) is 1.47. The standard InChI is InChI=1S/C9H13N3O2S/c1-15(13,14)12-8-4-2-7(3-5-8)6-9(10)11/h2-5,12H,6H2,1H3,(H3,10,11). The highest BCUT2D eigenvalue weighted by Crippen LogP contribution is 2.10. The summed E-state index contributed by atoms with van der Waals surface area (Å²) in [4.78, 5) is 0. The van der Waals surface area contributed by atoms with Gasteiger partial charge in [0.25, 0.3) is 0 Å². The molecule has 0 aromatic heterocycles. The van der Waals surface area contributed by atoms with Gasteiger partial charge in [0, 0.05) is 12.1 Å². The van der Waals surface area contributed by atoms with Crippen LogP contribution in [-0.2, 0) is 16.4 Å². The molecule has 0 amide bonds. The van der Waals surface area contributed by atoms with Crippen molar-refractivity contribution in [1.29, 1.82) is 5.41 Å². The van der Waals surface area contributed by atoms with Crippen LogP contribution in [0.1, 0.15) is 5.56 Å². The molecule has 1 aromatic rings. The van der Waals surface area contributed by atoms with Gasteiger partial charge in [-0.25, -0.2) is 8.42 Å². The summed E-state index contributed by atoms with van der Waals surface area (Å²) in [7, 11) is -3.23. The van der Waals surface area contributed by atoms with Crippen LogP contribution in [0.2, 0.25) is 0 Å². The molecule has 0 spiro atoms. The maximum atomic E-state index is 10.9. The van der Waals surface area contributed by atoms with E-state index in [9.17, 15) is 8.42 Å². The summed E-state index contributed by atoms with van der Waals surface area (Å²) in [6, 6.07) is 6.74. The molecule has 0 saturated carbocycles. The fourth-order valence-corrected chi connectivity index (χ4v) is 1.69. The van der Waals surface area contributed by atoms with Gasteiger partial charge in [0.15, 0.2) is 0 Å². The summed E-state index contributed by atoms with van der Waals surface area (Å²) < 4.78 is 24.1. The molecule has 1 aromatic carbocycles. The molecule has 15 heavy (non-hydrogen) atoms. The van der Waals surface area contributed by atoms with E-state index in [-0.39, 0.29) is 5.84 Å². The lowest BCUT2D eigenvalue weighted by Gasteiger charge is -2.04. The van der Waals surface area contributed by atoms with Crippen molar-refractivity contribution in [3.05, 3.63) is 29.8 Å². The summed E-state index contributed by atoms with van der Waals surface area (Å²) in [5, 5.41) is 7.10. The van der Waals surface area contributed by atoms with Gasteiger partial charge in [-0.1, -0.05) is 12.1 Å². The van der Waals surface area contributed by atoms with Crippen LogP contribution >= 0.6 is 0 Å². The van der Waals surface area contributed by atoms with Gasteiger partial charge in [0.1, 0.15) is 0 Å². The summed E-state index contributed by atoms with van der Waals surface area (Å²) in [5.41, 5.74) is 6.62. The highest BCUT2D eigenvalue weighted by Gasteiger charge is 2.01. The minimum Gasteiger partial charge on any atom is -0.387 e. The largest absolute Gasteiger partial charge is 0.387 e. The Morgan fingerprint density at radius 3 is 2.33 bits per heavy atom.